The molecular formula is C17H20N4O. The van der Waals surface area contributed by atoms with Crippen LogP contribution in [0.15, 0.2) is 61.3 Å². The Morgan fingerprint density at radius 3 is 2.45 bits per heavy atom. The van der Waals surface area contributed by atoms with E-state index < -0.39 is 0 Å². The van der Waals surface area contributed by atoms with E-state index in [1.807, 2.05) is 48.5 Å². The van der Waals surface area contributed by atoms with Crippen LogP contribution >= 0.6 is 0 Å². The molecule has 2 heterocycles. The summed E-state index contributed by atoms with van der Waals surface area (Å²) in [6.45, 7) is 7.52. The number of para-hydroxylation sites is 1. The second kappa shape index (κ2) is 7.04. The molecular weight excluding hydrogens is 276 g/mol. The highest BCUT2D eigenvalue weighted by Crippen LogP contribution is 2.17. The number of hydrogen-bond acceptors (Lipinski definition) is 5. The van der Waals surface area contributed by atoms with Crippen LogP contribution in [0.3, 0.4) is 0 Å². The van der Waals surface area contributed by atoms with Gasteiger partial charge in [-0.2, -0.15) is 5.10 Å². The van der Waals surface area contributed by atoms with Crippen LogP contribution in [0, 0.1) is 0 Å². The van der Waals surface area contributed by atoms with Gasteiger partial charge in [-0.05, 0) is 30.3 Å². The molecule has 0 saturated carbocycles. The minimum Gasteiger partial charge on any atom is -0.472 e. The summed E-state index contributed by atoms with van der Waals surface area (Å²) in [5.41, 5.74) is 0. The maximum atomic E-state index is 6.01. The lowest BCUT2D eigenvalue weighted by atomic mass is 10.3. The van der Waals surface area contributed by atoms with E-state index in [1.54, 1.807) is 6.20 Å². The number of piperazine rings is 1. The second-order valence-electron chi connectivity index (χ2n) is 5.16. The average Bonchev–Trinajstić information content (AvgIpc) is 2.61. The van der Waals surface area contributed by atoms with E-state index in [4.69, 9.17) is 4.74 Å². The maximum Gasteiger partial charge on any atom is 0.171 e. The highest BCUT2D eigenvalue weighted by atomic mass is 16.5. The summed E-state index contributed by atoms with van der Waals surface area (Å²) in [5.74, 6) is 1.80. The van der Waals surface area contributed by atoms with Gasteiger partial charge in [-0.1, -0.05) is 24.8 Å². The fraction of sp³-hybridized carbons (Fsp3) is 0.294. The molecule has 0 N–H and O–H groups in total. The van der Waals surface area contributed by atoms with Gasteiger partial charge in [0.2, 0.25) is 0 Å². The topological polar surface area (TPSA) is 41.5 Å². The van der Waals surface area contributed by atoms with Crippen LogP contribution in [-0.2, 0) is 0 Å². The molecule has 114 valence electrons. The van der Waals surface area contributed by atoms with Gasteiger partial charge in [-0.15, -0.1) is 5.10 Å². The Bertz CT molecular complexity index is 582. The molecule has 2 aromatic rings. The predicted octanol–water partition coefficient (Wildman–Crippen LogP) is 2.19. The molecule has 5 nitrogen and oxygen atoms in total. The van der Waals surface area contributed by atoms with Gasteiger partial charge in [-0.3, -0.25) is 4.90 Å². The zero-order chi connectivity index (χ0) is 15.2. The molecule has 1 aromatic carbocycles. The van der Waals surface area contributed by atoms with Crippen molar-refractivity contribution >= 4 is 5.82 Å². The van der Waals surface area contributed by atoms with Crippen molar-refractivity contribution in [3.63, 3.8) is 0 Å². The third-order valence-electron chi connectivity index (χ3n) is 3.76. The molecule has 1 fully saturated rings. The molecule has 3 rings (SSSR count). The van der Waals surface area contributed by atoms with Crippen LogP contribution in [0.1, 0.15) is 0 Å². The summed E-state index contributed by atoms with van der Waals surface area (Å²) in [4.78, 5) is 4.53. The number of nitrogens with zero attached hydrogens (tertiary/aromatic N) is 4. The normalized spacial score (nSPS) is 17.0. The van der Waals surface area contributed by atoms with Gasteiger partial charge in [0.25, 0.3) is 0 Å². The molecule has 0 aliphatic carbocycles. The largest absolute Gasteiger partial charge is 0.472 e. The first-order valence-electron chi connectivity index (χ1n) is 7.48. The zero-order valence-electron chi connectivity index (χ0n) is 12.5. The summed E-state index contributed by atoms with van der Waals surface area (Å²) in [6.07, 6.45) is 3.44. The second-order valence-corrected chi connectivity index (χ2v) is 5.16. The Labute approximate surface area is 130 Å². The lowest BCUT2D eigenvalue weighted by Crippen LogP contribution is -2.51. The molecule has 0 spiro atoms. The summed E-state index contributed by atoms with van der Waals surface area (Å²) in [5, 5.41) is 8.11. The van der Waals surface area contributed by atoms with Crippen molar-refractivity contribution in [1.29, 1.82) is 0 Å². The van der Waals surface area contributed by atoms with Crippen molar-refractivity contribution in [1.82, 2.24) is 15.1 Å². The molecule has 5 heteroatoms. The van der Waals surface area contributed by atoms with Gasteiger partial charge in [0.15, 0.2) is 12.0 Å². The van der Waals surface area contributed by atoms with E-state index in [-0.39, 0.29) is 6.23 Å². The monoisotopic (exact) mass is 296 g/mol. The van der Waals surface area contributed by atoms with E-state index in [2.05, 4.69) is 26.6 Å². The summed E-state index contributed by atoms with van der Waals surface area (Å²) < 4.78 is 6.01. The fourth-order valence-electron chi connectivity index (χ4n) is 2.58. The van der Waals surface area contributed by atoms with Gasteiger partial charge in [0.1, 0.15) is 5.75 Å². The van der Waals surface area contributed by atoms with Crippen molar-refractivity contribution in [2.24, 2.45) is 0 Å². The van der Waals surface area contributed by atoms with Gasteiger partial charge in [0, 0.05) is 32.4 Å². The van der Waals surface area contributed by atoms with E-state index in [0.717, 1.165) is 37.7 Å². The van der Waals surface area contributed by atoms with E-state index in [1.165, 1.54) is 0 Å². The highest BCUT2D eigenvalue weighted by molar-refractivity contribution is 5.36. The molecule has 1 aliphatic heterocycles. The molecule has 0 radical (unpaired) electrons. The van der Waals surface area contributed by atoms with Crippen LogP contribution in [0.4, 0.5) is 5.82 Å². The van der Waals surface area contributed by atoms with Crippen LogP contribution in [0.2, 0.25) is 0 Å². The SMILES string of the molecule is C=CC(Oc1ccccc1)N1CCN(c2cccnn2)CC1. The van der Waals surface area contributed by atoms with Crippen molar-refractivity contribution in [3.05, 3.63) is 61.3 Å². The lowest BCUT2D eigenvalue weighted by Gasteiger charge is -2.38. The van der Waals surface area contributed by atoms with Crippen molar-refractivity contribution in [3.8, 4) is 5.75 Å². The van der Waals surface area contributed by atoms with Crippen molar-refractivity contribution < 1.29 is 4.74 Å². The number of benzene rings is 1. The molecule has 1 unspecified atom stereocenters. The van der Waals surface area contributed by atoms with Gasteiger partial charge in [-0.25, -0.2) is 0 Å². The highest BCUT2D eigenvalue weighted by Gasteiger charge is 2.23. The summed E-state index contributed by atoms with van der Waals surface area (Å²) in [7, 11) is 0. The van der Waals surface area contributed by atoms with Crippen LogP contribution in [-0.4, -0.2) is 47.5 Å². The molecule has 1 aliphatic rings. The molecule has 1 atom stereocenters. The van der Waals surface area contributed by atoms with Crippen molar-refractivity contribution in [2.45, 2.75) is 6.23 Å². The molecule has 0 bridgehead atoms. The number of hydrogen-bond donors (Lipinski definition) is 0. The third kappa shape index (κ3) is 3.43. The Morgan fingerprint density at radius 1 is 1.05 bits per heavy atom. The average molecular weight is 296 g/mol. The predicted molar refractivity (Wildman–Crippen MR) is 86.9 cm³/mol. The molecule has 22 heavy (non-hydrogen) atoms. The van der Waals surface area contributed by atoms with E-state index in [0.29, 0.717) is 0 Å². The summed E-state index contributed by atoms with van der Waals surface area (Å²) in [6, 6.07) is 13.8. The standard InChI is InChI=1S/C17H20N4O/c1-2-17(22-15-7-4-3-5-8-15)21-13-11-20(12-14-21)16-9-6-10-18-19-16/h2-10,17H,1,11-14H2. The molecule has 0 amide bonds. The van der Waals surface area contributed by atoms with Gasteiger partial charge >= 0.3 is 0 Å². The lowest BCUT2D eigenvalue weighted by molar-refractivity contribution is 0.0579. The van der Waals surface area contributed by atoms with Crippen molar-refractivity contribution in [2.75, 3.05) is 31.1 Å². The quantitative estimate of drug-likeness (QED) is 0.791. The number of aromatic nitrogens is 2. The number of rotatable bonds is 5. The zero-order valence-corrected chi connectivity index (χ0v) is 12.5. The van der Waals surface area contributed by atoms with E-state index in [9.17, 15) is 0 Å². The van der Waals surface area contributed by atoms with Gasteiger partial charge < -0.3 is 9.64 Å². The number of ether oxygens (including phenoxy) is 1. The first kappa shape index (κ1) is 14.5. The Balaban J connectivity index is 1.59. The minimum atomic E-state index is -0.105. The molecule has 1 saturated heterocycles. The fourth-order valence-corrected chi connectivity index (χ4v) is 2.58. The van der Waals surface area contributed by atoms with Crippen LogP contribution < -0.4 is 9.64 Å². The third-order valence-corrected chi connectivity index (χ3v) is 3.76. The van der Waals surface area contributed by atoms with E-state index >= 15 is 0 Å². The van der Waals surface area contributed by atoms with Crippen LogP contribution in [0.5, 0.6) is 5.75 Å². The summed E-state index contributed by atoms with van der Waals surface area (Å²) >= 11 is 0. The smallest absolute Gasteiger partial charge is 0.171 e. The number of anilines is 1. The molecule has 1 aromatic heterocycles. The Hall–Kier alpha value is -2.40. The Kier molecular flexibility index (Phi) is 4.65. The minimum absolute atomic E-state index is 0.105. The Morgan fingerprint density at radius 2 is 1.82 bits per heavy atom. The van der Waals surface area contributed by atoms with Gasteiger partial charge in [0.05, 0.1) is 0 Å². The first-order chi connectivity index (χ1) is 10.9. The first-order valence-corrected chi connectivity index (χ1v) is 7.48. The van der Waals surface area contributed by atoms with Crippen LogP contribution in [0.25, 0.3) is 0 Å². The maximum absolute atomic E-state index is 6.01.